The average Bonchev–Trinajstić information content (AvgIpc) is 2.15. The van der Waals surface area contributed by atoms with Crippen LogP contribution in [0.2, 0.25) is 0 Å². The fraction of sp³-hybridized carbons (Fsp3) is 1.00. The van der Waals surface area contributed by atoms with Gasteiger partial charge in [-0.2, -0.15) is 5.48 Å². The van der Waals surface area contributed by atoms with Crippen molar-refractivity contribution in [2.45, 2.75) is 45.6 Å². The molecule has 3 heteroatoms. The Bertz CT molecular complexity index is 149. The van der Waals surface area contributed by atoms with Crippen molar-refractivity contribution >= 4 is 0 Å². The van der Waals surface area contributed by atoms with Crippen LogP contribution in [0.25, 0.3) is 0 Å². The molecule has 1 rings (SSSR count). The molecule has 0 heterocycles. The van der Waals surface area contributed by atoms with E-state index in [1.54, 1.807) is 7.11 Å². The minimum absolute atomic E-state index is 0.532. The number of methoxy groups -OCH3 is 1. The Morgan fingerprint density at radius 1 is 1.21 bits per heavy atom. The molecule has 0 atom stereocenters. The van der Waals surface area contributed by atoms with Gasteiger partial charge in [-0.15, -0.1) is 0 Å². The molecule has 14 heavy (non-hydrogen) atoms. The zero-order valence-corrected chi connectivity index (χ0v) is 9.64. The van der Waals surface area contributed by atoms with Crippen LogP contribution in [0.1, 0.15) is 39.5 Å². The molecule has 1 saturated carbocycles. The van der Waals surface area contributed by atoms with Crippen LogP contribution in [-0.4, -0.2) is 26.4 Å². The Morgan fingerprint density at radius 3 is 2.43 bits per heavy atom. The molecule has 0 aromatic carbocycles. The lowest BCUT2D eigenvalue weighted by atomic mass is 9.76. The molecule has 0 radical (unpaired) electrons. The second kappa shape index (κ2) is 5.69. The van der Waals surface area contributed by atoms with Crippen molar-refractivity contribution in [1.29, 1.82) is 0 Å². The highest BCUT2D eigenvalue weighted by atomic mass is 16.7. The van der Waals surface area contributed by atoms with Gasteiger partial charge in [0.1, 0.15) is 0 Å². The van der Waals surface area contributed by atoms with Crippen LogP contribution in [0, 0.1) is 5.41 Å². The summed E-state index contributed by atoms with van der Waals surface area (Å²) in [5.41, 5.74) is 3.65. The lowest BCUT2D eigenvalue weighted by Gasteiger charge is -2.34. The summed E-state index contributed by atoms with van der Waals surface area (Å²) in [4.78, 5) is 5.31. The third-order valence-electron chi connectivity index (χ3n) is 2.98. The summed E-state index contributed by atoms with van der Waals surface area (Å²) in [6, 6.07) is 0.542. The molecule has 0 aromatic rings. The van der Waals surface area contributed by atoms with Crippen LogP contribution in [0.5, 0.6) is 0 Å². The van der Waals surface area contributed by atoms with Crippen molar-refractivity contribution < 1.29 is 9.57 Å². The maximum absolute atomic E-state index is 5.31. The number of hydrogen-bond donors (Lipinski definition) is 1. The molecule has 3 nitrogen and oxygen atoms in total. The molecule has 0 aliphatic heterocycles. The van der Waals surface area contributed by atoms with E-state index in [1.165, 1.54) is 25.7 Å². The molecule has 1 aliphatic carbocycles. The number of hydrogen-bond acceptors (Lipinski definition) is 3. The minimum atomic E-state index is 0.532. The predicted octanol–water partition coefficient (Wildman–Crippen LogP) is 2.12. The van der Waals surface area contributed by atoms with Crippen molar-refractivity contribution in [2.75, 3.05) is 20.3 Å². The largest absolute Gasteiger partial charge is 0.382 e. The lowest BCUT2D eigenvalue weighted by Crippen LogP contribution is -2.36. The van der Waals surface area contributed by atoms with Gasteiger partial charge in [-0.05, 0) is 31.1 Å². The maximum Gasteiger partial charge on any atom is 0.0915 e. The summed E-state index contributed by atoms with van der Waals surface area (Å²) in [7, 11) is 1.69. The molecule has 0 bridgehead atoms. The van der Waals surface area contributed by atoms with Crippen molar-refractivity contribution in [3.8, 4) is 0 Å². The third-order valence-corrected chi connectivity index (χ3v) is 2.98. The van der Waals surface area contributed by atoms with Gasteiger partial charge in [-0.1, -0.05) is 13.8 Å². The fourth-order valence-electron chi connectivity index (χ4n) is 1.82. The van der Waals surface area contributed by atoms with Crippen LogP contribution in [0.3, 0.4) is 0 Å². The van der Waals surface area contributed by atoms with Crippen LogP contribution < -0.4 is 5.48 Å². The highest BCUT2D eigenvalue weighted by molar-refractivity contribution is 4.80. The first-order valence-electron chi connectivity index (χ1n) is 5.50. The van der Waals surface area contributed by atoms with Crippen molar-refractivity contribution in [3.05, 3.63) is 0 Å². The van der Waals surface area contributed by atoms with E-state index in [0.29, 0.717) is 24.7 Å². The summed E-state index contributed by atoms with van der Waals surface area (Å²) in [5, 5.41) is 0. The Hall–Kier alpha value is -0.120. The molecule has 0 spiro atoms. The second-order valence-electron chi connectivity index (χ2n) is 4.90. The first kappa shape index (κ1) is 12.0. The Kier molecular flexibility index (Phi) is 4.85. The molecule has 0 saturated heterocycles. The Labute approximate surface area is 87.1 Å². The normalized spacial score (nSPS) is 22.5. The van der Waals surface area contributed by atoms with E-state index in [9.17, 15) is 0 Å². The lowest BCUT2D eigenvalue weighted by molar-refractivity contribution is -0.0245. The topological polar surface area (TPSA) is 30.5 Å². The van der Waals surface area contributed by atoms with E-state index in [1.807, 2.05) is 0 Å². The molecular formula is C11H23NO2. The molecular weight excluding hydrogens is 178 g/mol. The van der Waals surface area contributed by atoms with Gasteiger partial charge in [0.2, 0.25) is 0 Å². The van der Waals surface area contributed by atoms with E-state index < -0.39 is 0 Å². The highest BCUT2D eigenvalue weighted by Gasteiger charge is 2.26. The number of nitrogens with one attached hydrogen (secondary N) is 1. The number of rotatable bonds is 5. The Balaban J connectivity index is 2.04. The molecule has 1 aliphatic rings. The summed E-state index contributed by atoms with van der Waals surface area (Å²) in [6.45, 7) is 5.98. The van der Waals surface area contributed by atoms with E-state index in [0.717, 1.165) is 0 Å². The molecule has 0 aromatic heterocycles. The van der Waals surface area contributed by atoms with E-state index in [-0.39, 0.29) is 0 Å². The zero-order chi connectivity index (χ0) is 10.4. The quantitative estimate of drug-likeness (QED) is 0.546. The van der Waals surface area contributed by atoms with E-state index in [4.69, 9.17) is 9.57 Å². The Morgan fingerprint density at radius 2 is 1.86 bits per heavy atom. The second-order valence-corrected chi connectivity index (χ2v) is 4.90. The molecule has 1 fully saturated rings. The minimum Gasteiger partial charge on any atom is -0.382 e. The average molecular weight is 201 g/mol. The van der Waals surface area contributed by atoms with Crippen LogP contribution in [0.15, 0.2) is 0 Å². The van der Waals surface area contributed by atoms with Gasteiger partial charge in [0.25, 0.3) is 0 Å². The summed E-state index contributed by atoms with van der Waals surface area (Å²) < 4.78 is 4.90. The third kappa shape index (κ3) is 4.40. The zero-order valence-electron chi connectivity index (χ0n) is 9.64. The van der Waals surface area contributed by atoms with Crippen LogP contribution >= 0.6 is 0 Å². The van der Waals surface area contributed by atoms with Crippen molar-refractivity contribution in [3.63, 3.8) is 0 Å². The predicted molar refractivity (Wildman–Crippen MR) is 57.0 cm³/mol. The maximum atomic E-state index is 5.31. The van der Waals surface area contributed by atoms with E-state index >= 15 is 0 Å². The van der Waals surface area contributed by atoms with Gasteiger partial charge < -0.3 is 4.74 Å². The van der Waals surface area contributed by atoms with Gasteiger partial charge in [0.15, 0.2) is 0 Å². The van der Waals surface area contributed by atoms with Gasteiger partial charge >= 0.3 is 0 Å². The van der Waals surface area contributed by atoms with Gasteiger partial charge in [0, 0.05) is 13.2 Å². The molecule has 84 valence electrons. The molecule has 1 N–H and O–H groups in total. The van der Waals surface area contributed by atoms with Gasteiger partial charge in [0.05, 0.1) is 13.2 Å². The first-order valence-corrected chi connectivity index (χ1v) is 5.50. The number of ether oxygens (including phenoxy) is 1. The van der Waals surface area contributed by atoms with Crippen LogP contribution in [0.4, 0.5) is 0 Å². The smallest absolute Gasteiger partial charge is 0.0915 e. The number of hydroxylamine groups is 1. The van der Waals surface area contributed by atoms with Crippen molar-refractivity contribution in [2.24, 2.45) is 5.41 Å². The van der Waals surface area contributed by atoms with E-state index in [2.05, 4.69) is 19.3 Å². The summed E-state index contributed by atoms with van der Waals surface area (Å²) >= 11 is 0. The van der Waals surface area contributed by atoms with Gasteiger partial charge in [-0.3, -0.25) is 4.84 Å². The first-order chi connectivity index (χ1) is 6.64. The summed E-state index contributed by atoms with van der Waals surface area (Å²) in [6.07, 6.45) is 5.02. The van der Waals surface area contributed by atoms with Crippen LogP contribution in [-0.2, 0) is 9.57 Å². The fourth-order valence-corrected chi connectivity index (χ4v) is 1.82. The molecule has 0 unspecified atom stereocenters. The van der Waals surface area contributed by atoms with Crippen molar-refractivity contribution in [1.82, 2.24) is 5.48 Å². The van der Waals surface area contributed by atoms with Gasteiger partial charge in [-0.25, -0.2) is 0 Å². The monoisotopic (exact) mass is 201 g/mol. The SMILES string of the molecule is COCCONC1CCC(C)(C)CC1. The highest BCUT2D eigenvalue weighted by Crippen LogP contribution is 2.34. The standard InChI is InChI=1S/C11H23NO2/c1-11(2)6-4-10(5-7-11)12-14-9-8-13-3/h10,12H,4-9H2,1-3H3. The molecule has 0 amide bonds. The summed E-state index contributed by atoms with van der Waals surface area (Å²) in [5.74, 6) is 0.